The van der Waals surface area contributed by atoms with E-state index in [9.17, 15) is 4.79 Å². The molecule has 0 fully saturated rings. The smallest absolute Gasteiger partial charge is 0.404 e. The van der Waals surface area contributed by atoms with Crippen molar-refractivity contribution in [3.63, 3.8) is 0 Å². The van der Waals surface area contributed by atoms with Gasteiger partial charge < -0.3 is 15.2 Å². The normalized spacial score (nSPS) is 9.78. The van der Waals surface area contributed by atoms with Crippen molar-refractivity contribution >= 4 is 6.09 Å². The summed E-state index contributed by atoms with van der Waals surface area (Å²) in [6.45, 7) is 0.168. The minimum Gasteiger partial charge on any atom is -0.457 e. The summed E-state index contributed by atoms with van der Waals surface area (Å²) in [7, 11) is 0. The summed E-state index contributed by atoms with van der Waals surface area (Å²) in [6, 6.07) is 16.8. The van der Waals surface area contributed by atoms with E-state index < -0.39 is 6.09 Å². The van der Waals surface area contributed by atoms with E-state index in [-0.39, 0.29) is 6.61 Å². The largest absolute Gasteiger partial charge is 0.457 e. The summed E-state index contributed by atoms with van der Waals surface area (Å²) in [5, 5.41) is 0. The molecule has 0 aliphatic heterocycles. The summed E-state index contributed by atoms with van der Waals surface area (Å²) < 4.78 is 10.3. The Morgan fingerprint density at radius 1 is 0.944 bits per heavy atom. The number of hydrogen-bond acceptors (Lipinski definition) is 3. The lowest BCUT2D eigenvalue weighted by molar-refractivity contribution is 0.150. The average Bonchev–Trinajstić information content (AvgIpc) is 2.39. The van der Waals surface area contributed by atoms with E-state index in [1.807, 2.05) is 54.6 Å². The van der Waals surface area contributed by atoms with Crippen LogP contribution in [0.5, 0.6) is 11.5 Å². The quantitative estimate of drug-likeness (QED) is 0.897. The Kier molecular flexibility index (Phi) is 3.81. The van der Waals surface area contributed by atoms with Gasteiger partial charge in [-0.1, -0.05) is 30.3 Å². The van der Waals surface area contributed by atoms with Gasteiger partial charge in [0.1, 0.15) is 18.1 Å². The SMILES string of the molecule is NC(=O)OCc1ccc(Oc2ccccc2)cc1. The van der Waals surface area contributed by atoms with Gasteiger partial charge in [-0.25, -0.2) is 4.79 Å². The first-order chi connectivity index (χ1) is 8.74. The highest BCUT2D eigenvalue weighted by atomic mass is 16.5. The molecule has 0 bridgehead atoms. The second kappa shape index (κ2) is 5.72. The number of amides is 1. The molecule has 0 spiro atoms. The first-order valence-corrected chi connectivity index (χ1v) is 5.48. The maximum Gasteiger partial charge on any atom is 0.404 e. The Morgan fingerprint density at radius 2 is 1.56 bits per heavy atom. The molecular weight excluding hydrogens is 230 g/mol. The number of carbonyl (C=O) groups excluding carboxylic acids is 1. The Labute approximate surface area is 105 Å². The van der Waals surface area contributed by atoms with Gasteiger partial charge in [0.05, 0.1) is 0 Å². The van der Waals surface area contributed by atoms with Crippen LogP contribution in [-0.4, -0.2) is 6.09 Å². The highest BCUT2D eigenvalue weighted by Gasteiger charge is 1.99. The van der Waals surface area contributed by atoms with E-state index in [1.165, 1.54) is 0 Å². The molecular formula is C14H13NO3. The van der Waals surface area contributed by atoms with Crippen molar-refractivity contribution in [2.24, 2.45) is 5.73 Å². The molecule has 0 saturated carbocycles. The van der Waals surface area contributed by atoms with Crippen LogP contribution in [-0.2, 0) is 11.3 Å². The van der Waals surface area contributed by atoms with Crippen LogP contribution in [0.2, 0.25) is 0 Å². The van der Waals surface area contributed by atoms with E-state index in [0.29, 0.717) is 0 Å². The number of rotatable bonds is 4. The van der Waals surface area contributed by atoms with Crippen LogP contribution in [0.1, 0.15) is 5.56 Å². The van der Waals surface area contributed by atoms with E-state index in [1.54, 1.807) is 0 Å². The molecule has 0 aromatic heterocycles. The van der Waals surface area contributed by atoms with Gasteiger partial charge in [-0.15, -0.1) is 0 Å². The molecule has 0 heterocycles. The zero-order valence-electron chi connectivity index (χ0n) is 9.71. The van der Waals surface area contributed by atoms with E-state index in [4.69, 9.17) is 10.5 Å². The predicted octanol–water partition coefficient (Wildman–Crippen LogP) is 3.07. The molecule has 1 amide bonds. The number of benzene rings is 2. The minimum atomic E-state index is -0.778. The van der Waals surface area contributed by atoms with Crippen LogP contribution in [0.4, 0.5) is 4.79 Å². The molecule has 18 heavy (non-hydrogen) atoms. The fourth-order valence-electron chi connectivity index (χ4n) is 1.43. The Hall–Kier alpha value is -2.49. The molecule has 92 valence electrons. The Bertz CT molecular complexity index is 508. The summed E-state index contributed by atoms with van der Waals surface area (Å²) in [4.78, 5) is 10.5. The van der Waals surface area contributed by atoms with Crippen molar-refractivity contribution in [2.75, 3.05) is 0 Å². The van der Waals surface area contributed by atoms with Crippen molar-refractivity contribution in [3.05, 3.63) is 60.2 Å². The number of carbonyl (C=O) groups is 1. The molecule has 0 atom stereocenters. The first-order valence-electron chi connectivity index (χ1n) is 5.48. The lowest BCUT2D eigenvalue weighted by Gasteiger charge is -2.06. The highest BCUT2D eigenvalue weighted by Crippen LogP contribution is 2.21. The van der Waals surface area contributed by atoms with Gasteiger partial charge in [-0.3, -0.25) is 0 Å². The third-order valence-corrected chi connectivity index (χ3v) is 2.28. The van der Waals surface area contributed by atoms with Crippen LogP contribution in [0.15, 0.2) is 54.6 Å². The van der Waals surface area contributed by atoms with Gasteiger partial charge >= 0.3 is 6.09 Å². The second-order valence-corrected chi connectivity index (χ2v) is 3.67. The van der Waals surface area contributed by atoms with E-state index in [0.717, 1.165) is 17.1 Å². The maximum absolute atomic E-state index is 10.5. The molecule has 2 aromatic carbocycles. The third-order valence-electron chi connectivity index (χ3n) is 2.28. The number of primary amides is 1. The molecule has 4 heteroatoms. The number of para-hydroxylation sites is 1. The van der Waals surface area contributed by atoms with Gasteiger partial charge in [0.15, 0.2) is 0 Å². The van der Waals surface area contributed by atoms with Gasteiger partial charge in [0.2, 0.25) is 0 Å². The molecule has 2 rings (SSSR count). The number of hydrogen-bond donors (Lipinski definition) is 1. The van der Waals surface area contributed by atoms with Crippen LogP contribution in [0, 0.1) is 0 Å². The lowest BCUT2D eigenvalue weighted by Crippen LogP contribution is -2.12. The first kappa shape index (κ1) is 12.0. The van der Waals surface area contributed by atoms with Gasteiger partial charge in [0, 0.05) is 0 Å². The lowest BCUT2D eigenvalue weighted by atomic mass is 10.2. The van der Waals surface area contributed by atoms with E-state index >= 15 is 0 Å². The number of ether oxygens (including phenoxy) is 2. The summed E-state index contributed by atoms with van der Waals surface area (Å²) in [6.07, 6.45) is -0.778. The standard InChI is InChI=1S/C14H13NO3/c15-14(16)17-10-11-6-8-13(9-7-11)18-12-4-2-1-3-5-12/h1-9H,10H2,(H2,15,16). The topological polar surface area (TPSA) is 61.6 Å². The maximum atomic E-state index is 10.5. The fraction of sp³-hybridized carbons (Fsp3) is 0.0714. The molecule has 2 N–H and O–H groups in total. The molecule has 2 aromatic rings. The monoisotopic (exact) mass is 243 g/mol. The zero-order valence-corrected chi connectivity index (χ0v) is 9.71. The van der Waals surface area contributed by atoms with Crippen molar-refractivity contribution in [2.45, 2.75) is 6.61 Å². The van der Waals surface area contributed by atoms with Crippen LogP contribution < -0.4 is 10.5 Å². The summed E-state index contributed by atoms with van der Waals surface area (Å²) >= 11 is 0. The average molecular weight is 243 g/mol. The predicted molar refractivity (Wildman–Crippen MR) is 67.3 cm³/mol. The van der Waals surface area contributed by atoms with Gasteiger partial charge in [-0.05, 0) is 29.8 Å². The minimum absolute atomic E-state index is 0.168. The molecule has 0 aliphatic carbocycles. The van der Waals surface area contributed by atoms with Crippen LogP contribution in [0.3, 0.4) is 0 Å². The molecule has 4 nitrogen and oxygen atoms in total. The van der Waals surface area contributed by atoms with Crippen molar-refractivity contribution < 1.29 is 14.3 Å². The highest BCUT2D eigenvalue weighted by molar-refractivity contribution is 5.64. The summed E-state index contributed by atoms with van der Waals surface area (Å²) in [5.41, 5.74) is 5.74. The van der Waals surface area contributed by atoms with Gasteiger partial charge in [-0.2, -0.15) is 0 Å². The Morgan fingerprint density at radius 3 is 2.17 bits per heavy atom. The van der Waals surface area contributed by atoms with Crippen molar-refractivity contribution in [1.29, 1.82) is 0 Å². The fourth-order valence-corrected chi connectivity index (χ4v) is 1.43. The zero-order chi connectivity index (χ0) is 12.8. The molecule has 0 aliphatic rings. The van der Waals surface area contributed by atoms with Crippen molar-refractivity contribution in [1.82, 2.24) is 0 Å². The molecule has 0 unspecified atom stereocenters. The van der Waals surface area contributed by atoms with Gasteiger partial charge in [0.25, 0.3) is 0 Å². The third kappa shape index (κ3) is 3.52. The molecule has 0 saturated heterocycles. The van der Waals surface area contributed by atoms with Crippen LogP contribution in [0.25, 0.3) is 0 Å². The summed E-state index contributed by atoms with van der Waals surface area (Å²) in [5.74, 6) is 1.50. The van der Waals surface area contributed by atoms with Crippen LogP contribution >= 0.6 is 0 Å². The number of nitrogens with two attached hydrogens (primary N) is 1. The van der Waals surface area contributed by atoms with Crippen molar-refractivity contribution in [3.8, 4) is 11.5 Å². The Balaban J connectivity index is 1.97. The second-order valence-electron chi connectivity index (χ2n) is 3.67. The van der Waals surface area contributed by atoms with E-state index in [2.05, 4.69) is 4.74 Å². The molecule has 0 radical (unpaired) electrons.